The lowest BCUT2D eigenvalue weighted by molar-refractivity contribution is -0.208. The highest BCUT2D eigenvalue weighted by atomic mass is 16.7. The number of hydrogen-bond donors (Lipinski definition) is 0. The second-order valence-electron chi connectivity index (χ2n) is 9.38. The van der Waals surface area contributed by atoms with E-state index in [4.69, 9.17) is 14.2 Å². The molecule has 0 aromatic heterocycles. The summed E-state index contributed by atoms with van der Waals surface area (Å²) in [6.45, 7) is 13.0. The minimum atomic E-state index is -1.45. The summed E-state index contributed by atoms with van der Waals surface area (Å²) in [5, 5.41) is 0. The molecule has 0 saturated carbocycles. The van der Waals surface area contributed by atoms with Crippen LogP contribution in [0.4, 0.5) is 0 Å². The van der Waals surface area contributed by atoms with Gasteiger partial charge < -0.3 is 14.2 Å². The largest absolute Gasteiger partial charge is 0.458 e. The Hall–Kier alpha value is -2.37. The molecule has 3 aliphatic rings. The van der Waals surface area contributed by atoms with Gasteiger partial charge in [-0.3, -0.25) is 9.59 Å². The molecule has 0 radical (unpaired) electrons. The summed E-state index contributed by atoms with van der Waals surface area (Å²) in [5.74, 6) is -2.43. The van der Waals surface area contributed by atoms with Gasteiger partial charge in [0.05, 0.1) is 6.42 Å². The van der Waals surface area contributed by atoms with Crippen molar-refractivity contribution in [1.29, 1.82) is 0 Å². The number of carbonyl (C=O) groups is 3. The van der Waals surface area contributed by atoms with Gasteiger partial charge in [0.2, 0.25) is 0 Å². The number of ether oxygens (including phenoxy) is 3. The van der Waals surface area contributed by atoms with E-state index in [1.54, 1.807) is 0 Å². The van der Waals surface area contributed by atoms with Crippen LogP contribution in [0.1, 0.15) is 73.1 Å². The number of esters is 3. The molecule has 3 rings (SSSR count). The number of rotatable bonds is 2. The van der Waals surface area contributed by atoms with Crippen LogP contribution in [0.25, 0.3) is 0 Å². The van der Waals surface area contributed by atoms with Crippen molar-refractivity contribution < 1.29 is 28.6 Å². The zero-order chi connectivity index (χ0) is 22.3. The molecular formula is C24H32O6. The topological polar surface area (TPSA) is 78.9 Å². The maximum atomic E-state index is 12.8. The van der Waals surface area contributed by atoms with E-state index in [0.717, 1.165) is 36.0 Å². The highest BCUT2D eigenvalue weighted by Gasteiger charge is 2.58. The van der Waals surface area contributed by atoms with E-state index in [0.29, 0.717) is 18.4 Å². The van der Waals surface area contributed by atoms with Crippen LogP contribution >= 0.6 is 0 Å². The zero-order valence-electron chi connectivity index (χ0n) is 18.6. The minimum absolute atomic E-state index is 0.206. The van der Waals surface area contributed by atoms with Crippen molar-refractivity contribution in [3.8, 4) is 0 Å². The third-order valence-electron chi connectivity index (χ3n) is 6.54. The predicted molar refractivity (Wildman–Crippen MR) is 111 cm³/mol. The lowest BCUT2D eigenvalue weighted by Crippen LogP contribution is -2.45. The first-order valence-corrected chi connectivity index (χ1v) is 10.6. The van der Waals surface area contributed by atoms with Crippen molar-refractivity contribution in [2.45, 2.75) is 85.0 Å². The van der Waals surface area contributed by atoms with Gasteiger partial charge in [-0.05, 0) is 50.0 Å². The normalized spacial score (nSPS) is 32.9. The summed E-state index contributed by atoms with van der Waals surface area (Å²) in [6.07, 6.45) is 5.32. The summed E-state index contributed by atoms with van der Waals surface area (Å²) < 4.78 is 17.1. The molecule has 2 bridgehead atoms. The third kappa shape index (κ3) is 4.23. The molecule has 2 aliphatic carbocycles. The Balaban J connectivity index is 2.13. The standard InChI is InChI=1S/C24H32O6/c1-14-7-8-18-9-10-20-21(23(18,5)6)24(29-17(4)26,30-22(20)27)13-15(2)12-19(11-14)28-16(3)25/h12,18-19H,1,7-11,13H2,2-6H3/b15-12-/t18-,19+,24-/m1/s1. The molecule has 6 nitrogen and oxygen atoms in total. The van der Waals surface area contributed by atoms with E-state index in [-0.39, 0.29) is 23.7 Å². The summed E-state index contributed by atoms with van der Waals surface area (Å²) in [4.78, 5) is 36.5. The molecule has 0 fully saturated rings. The molecular weight excluding hydrogens is 384 g/mol. The maximum absolute atomic E-state index is 12.8. The van der Waals surface area contributed by atoms with Crippen LogP contribution in [0.5, 0.6) is 0 Å². The molecule has 3 atom stereocenters. The van der Waals surface area contributed by atoms with Crippen molar-refractivity contribution in [1.82, 2.24) is 0 Å². The van der Waals surface area contributed by atoms with Crippen LogP contribution in [0.2, 0.25) is 0 Å². The predicted octanol–water partition coefficient (Wildman–Crippen LogP) is 4.54. The van der Waals surface area contributed by atoms with Gasteiger partial charge in [-0.15, -0.1) is 0 Å². The quantitative estimate of drug-likeness (QED) is 0.486. The van der Waals surface area contributed by atoms with Crippen LogP contribution in [-0.2, 0) is 28.6 Å². The van der Waals surface area contributed by atoms with E-state index in [9.17, 15) is 14.4 Å². The molecule has 1 heterocycles. The van der Waals surface area contributed by atoms with E-state index in [1.165, 1.54) is 13.8 Å². The first-order chi connectivity index (χ1) is 13.9. The molecule has 0 N–H and O–H groups in total. The van der Waals surface area contributed by atoms with Crippen molar-refractivity contribution in [3.05, 3.63) is 34.9 Å². The SMILES string of the molecule is C=C1CC[C@@H]2CCC3=C(C2(C)C)[C@@](OC(C)=O)(C/C(C)=C\[C@@H](OC(C)=O)C1)OC3=O. The Morgan fingerprint density at radius 1 is 1.17 bits per heavy atom. The Morgan fingerprint density at radius 3 is 2.47 bits per heavy atom. The van der Waals surface area contributed by atoms with Crippen LogP contribution in [0, 0.1) is 11.3 Å². The summed E-state index contributed by atoms with van der Waals surface area (Å²) >= 11 is 0. The van der Waals surface area contributed by atoms with E-state index in [1.807, 2.05) is 13.0 Å². The van der Waals surface area contributed by atoms with Gasteiger partial charge in [0, 0.05) is 31.4 Å². The zero-order valence-corrected chi connectivity index (χ0v) is 18.6. The first-order valence-electron chi connectivity index (χ1n) is 10.6. The molecule has 0 aromatic carbocycles. The van der Waals surface area contributed by atoms with Crippen LogP contribution in [0.3, 0.4) is 0 Å². The van der Waals surface area contributed by atoms with Gasteiger partial charge in [0.15, 0.2) is 0 Å². The highest BCUT2D eigenvalue weighted by molar-refractivity contribution is 5.94. The lowest BCUT2D eigenvalue weighted by atomic mass is 9.61. The van der Waals surface area contributed by atoms with Gasteiger partial charge in [0.25, 0.3) is 5.79 Å². The summed E-state index contributed by atoms with van der Waals surface area (Å²) in [5.41, 5.74) is 2.90. The van der Waals surface area contributed by atoms with Crippen molar-refractivity contribution >= 4 is 17.9 Å². The summed E-state index contributed by atoms with van der Waals surface area (Å²) in [6, 6.07) is 0. The molecule has 0 unspecified atom stereocenters. The number of fused-ring (bicyclic) bond motifs is 1. The molecule has 1 aliphatic heterocycles. The van der Waals surface area contributed by atoms with Gasteiger partial charge in [-0.1, -0.05) is 31.6 Å². The van der Waals surface area contributed by atoms with Crippen molar-refractivity contribution in [2.24, 2.45) is 11.3 Å². The highest BCUT2D eigenvalue weighted by Crippen LogP contribution is 2.57. The van der Waals surface area contributed by atoms with E-state index < -0.39 is 23.8 Å². The van der Waals surface area contributed by atoms with Crippen molar-refractivity contribution in [2.75, 3.05) is 0 Å². The average Bonchev–Trinajstić information content (AvgIpc) is 2.83. The Labute approximate surface area is 178 Å². The Kier molecular flexibility index (Phi) is 5.99. The molecule has 0 saturated heterocycles. The number of hydrogen-bond acceptors (Lipinski definition) is 6. The van der Waals surface area contributed by atoms with Crippen molar-refractivity contribution in [3.63, 3.8) is 0 Å². The monoisotopic (exact) mass is 416 g/mol. The molecule has 30 heavy (non-hydrogen) atoms. The van der Waals surface area contributed by atoms with E-state index >= 15 is 0 Å². The van der Waals surface area contributed by atoms with Crippen LogP contribution in [-0.4, -0.2) is 29.8 Å². The maximum Gasteiger partial charge on any atom is 0.337 e. The first kappa shape index (κ1) is 22.3. The summed E-state index contributed by atoms with van der Waals surface area (Å²) in [7, 11) is 0. The molecule has 164 valence electrons. The molecule has 0 amide bonds. The fourth-order valence-corrected chi connectivity index (χ4v) is 5.41. The second-order valence-corrected chi connectivity index (χ2v) is 9.38. The van der Waals surface area contributed by atoms with Gasteiger partial charge >= 0.3 is 17.9 Å². The average molecular weight is 417 g/mol. The lowest BCUT2D eigenvalue weighted by Gasteiger charge is -2.45. The Morgan fingerprint density at radius 2 is 1.83 bits per heavy atom. The number of carbonyl (C=O) groups excluding carboxylic acids is 3. The fraction of sp³-hybridized carbons (Fsp3) is 0.625. The van der Waals surface area contributed by atoms with Gasteiger partial charge in [-0.25, -0.2) is 4.79 Å². The van der Waals surface area contributed by atoms with Crippen LogP contribution in [0.15, 0.2) is 34.9 Å². The third-order valence-corrected chi connectivity index (χ3v) is 6.54. The smallest absolute Gasteiger partial charge is 0.337 e. The second kappa shape index (κ2) is 8.05. The molecule has 6 heteroatoms. The van der Waals surface area contributed by atoms with Crippen LogP contribution < -0.4 is 0 Å². The van der Waals surface area contributed by atoms with Gasteiger partial charge in [0.1, 0.15) is 6.10 Å². The minimum Gasteiger partial charge on any atom is -0.458 e. The molecule has 0 spiro atoms. The Bertz CT molecular complexity index is 846. The van der Waals surface area contributed by atoms with E-state index in [2.05, 4.69) is 20.4 Å². The van der Waals surface area contributed by atoms with Gasteiger partial charge in [-0.2, -0.15) is 0 Å². The fourth-order valence-electron chi connectivity index (χ4n) is 5.41. The molecule has 0 aromatic rings.